The number of rotatable bonds is 7. The van der Waals surface area contributed by atoms with E-state index in [1.165, 1.54) is 0 Å². The molecule has 2 amide bonds. The van der Waals surface area contributed by atoms with Crippen LogP contribution in [0.2, 0.25) is 0 Å². The highest BCUT2D eigenvalue weighted by Gasteiger charge is 2.24. The van der Waals surface area contributed by atoms with Crippen LogP contribution in [0.5, 0.6) is 0 Å². The first-order chi connectivity index (χ1) is 17.6. The third kappa shape index (κ3) is 4.12. The summed E-state index contributed by atoms with van der Waals surface area (Å²) in [4.78, 5) is 30.4. The van der Waals surface area contributed by atoms with Gasteiger partial charge in [-0.1, -0.05) is 0 Å². The first-order valence-corrected chi connectivity index (χ1v) is 12.0. The third-order valence-electron chi connectivity index (χ3n) is 6.52. The molecule has 0 aliphatic heterocycles. The highest BCUT2D eigenvalue weighted by molar-refractivity contribution is 6.08. The Labute approximate surface area is 207 Å². The number of fused-ring (bicyclic) bond motifs is 2. The van der Waals surface area contributed by atoms with Gasteiger partial charge >= 0.3 is 0 Å². The average Bonchev–Trinajstić information content (AvgIpc) is 3.42. The molecule has 2 aromatic heterocycles. The van der Waals surface area contributed by atoms with Gasteiger partial charge in [0.25, 0.3) is 11.8 Å². The summed E-state index contributed by atoms with van der Waals surface area (Å²) in [5.74, 6) is -0.234. The van der Waals surface area contributed by atoms with Crippen LogP contribution in [0, 0.1) is 0 Å². The largest absolute Gasteiger partial charge is 0.395 e. The second-order valence-corrected chi connectivity index (χ2v) is 9.05. The van der Waals surface area contributed by atoms with Gasteiger partial charge in [0.05, 0.1) is 24.0 Å². The Balaban J connectivity index is 1.28. The molecule has 0 radical (unpaired) electrons. The summed E-state index contributed by atoms with van der Waals surface area (Å²) >= 11 is 0. The lowest BCUT2D eigenvalue weighted by Gasteiger charge is -2.22. The maximum absolute atomic E-state index is 13.4. The molecular weight excluding hydrogens is 454 g/mol. The van der Waals surface area contributed by atoms with Crippen LogP contribution in [-0.2, 0) is 0 Å². The Morgan fingerprint density at radius 1 is 1.00 bits per heavy atom. The molecule has 36 heavy (non-hydrogen) atoms. The molecule has 3 aromatic carbocycles. The van der Waals surface area contributed by atoms with E-state index < -0.39 is 0 Å². The van der Waals surface area contributed by atoms with Crippen molar-refractivity contribution in [2.24, 2.45) is 0 Å². The summed E-state index contributed by atoms with van der Waals surface area (Å²) in [5, 5.41) is 19.0. The fourth-order valence-corrected chi connectivity index (χ4v) is 4.43. The number of carbonyl (C=O) groups excluding carboxylic acids is 2. The number of nitrogens with one attached hydrogen (secondary N) is 2. The molecule has 5 aromatic rings. The van der Waals surface area contributed by atoms with Crippen molar-refractivity contribution in [1.82, 2.24) is 20.1 Å². The topological polar surface area (TPSA) is 103 Å². The van der Waals surface area contributed by atoms with Crippen molar-refractivity contribution in [3.8, 4) is 5.69 Å². The molecule has 1 aliphatic carbocycles. The van der Waals surface area contributed by atoms with Crippen LogP contribution in [0.4, 0.5) is 5.69 Å². The molecule has 6 rings (SSSR count). The first-order valence-electron chi connectivity index (χ1n) is 12.0. The van der Waals surface area contributed by atoms with E-state index in [1.807, 2.05) is 54.7 Å². The lowest BCUT2D eigenvalue weighted by molar-refractivity contribution is 0.0949. The Hall–Kier alpha value is -4.43. The molecule has 0 spiro atoms. The van der Waals surface area contributed by atoms with Crippen molar-refractivity contribution in [2.45, 2.75) is 18.9 Å². The highest BCUT2D eigenvalue weighted by Crippen LogP contribution is 2.26. The zero-order valence-corrected chi connectivity index (χ0v) is 19.5. The van der Waals surface area contributed by atoms with E-state index in [2.05, 4.69) is 15.4 Å². The van der Waals surface area contributed by atoms with E-state index in [1.54, 1.807) is 34.0 Å². The average molecular weight is 480 g/mol. The lowest BCUT2D eigenvalue weighted by Crippen LogP contribution is -2.33. The number of anilines is 1. The number of aliphatic hydroxyl groups excluding tert-OH is 1. The number of benzene rings is 3. The molecule has 3 N–H and O–H groups in total. The molecule has 0 saturated heterocycles. The minimum atomic E-state index is -0.182. The fourth-order valence-electron chi connectivity index (χ4n) is 4.43. The minimum absolute atomic E-state index is 0.0525. The van der Waals surface area contributed by atoms with Crippen LogP contribution in [0.15, 0.2) is 79.1 Å². The van der Waals surface area contributed by atoms with Crippen LogP contribution >= 0.6 is 0 Å². The van der Waals surface area contributed by atoms with Gasteiger partial charge in [-0.3, -0.25) is 9.59 Å². The number of aromatic nitrogens is 3. The van der Waals surface area contributed by atoms with Crippen molar-refractivity contribution in [1.29, 1.82) is 0 Å². The fraction of sp³-hybridized carbons (Fsp3) is 0.179. The van der Waals surface area contributed by atoms with E-state index in [0.29, 0.717) is 22.9 Å². The lowest BCUT2D eigenvalue weighted by atomic mass is 10.1. The van der Waals surface area contributed by atoms with Crippen molar-refractivity contribution in [2.75, 3.05) is 18.1 Å². The number of nitrogens with zero attached hydrogens (tertiary/aromatic N) is 3. The van der Waals surface area contributed by atoms with Gasteiger partial charge < -0.3 is 20.3 Å². The summed E-state index contributed by atoms with van der Waals surface area (Å²) < 4.78 is 1.81. The maximum Gasteiger partial charge on any atom is 0.258 e. The number of aliphatic hydroxyl groups is 1. The quantitative estimate of drug-likeness (QED) is 0.328. The molecule has 1 saturated carbocycles. The number of H-pyrrole nitrogens is 1. The smallest absolute Gasteiger partial charge is 0.258 e. The summed E-state index contributed by atoms with van der Waals surface area (Å²) in [6, 6.07) is 20.8. The number of amides is 2. The number of hydrogen-bond acceptors (Lipinski definition) is 4. The Bertz CT molecular complexity index is 1580. The Kier molecular flexibility index (Phi) is 5.50. The van der Waals surface area contributed by atoms with Crippen molar-refractivity contribution < 1.29 is 14.7 Å². The summed E-state index contributed by atoms with van der Waals surface area (Å²) in [7, 11) is 0. The van der Waals surface area contributed by atoms with Crippen LogP contribution < -0.4 is 10.2 Å². The summed E-state index contributed by atoms with van der Waals surface area (Å²) in [6.45, 7) is 0.0180. The van der Waals surface area contributed by atoms with Crippen LogP contribution in [0.1, 0.15) is 33.6 Å². The van der Waals surface area contributed by atoms with Crippen molar-refractivity contribution >= 4 is 39.3 Å². The van der Waals surface area contributed by atoms with Crippen molar-refractivity contribution in [3.63, 3.8) is 0 Å². The van der Waals surface area contributed by atoms with Crippen LogP contribution in [0.3, 0.4) is 0 Å². The van der Waals surface area contributed by atoms with Gasteiger partial charge in [-0.2, -0.15) is 5.10 Å². The zero-order valence-electron chi connectivity index (χ0n) is 19.5. The maximum atomic E-state index is 13.4. The van der Waals surface area contributed by atoms with Crippen LogP contribution in [-0.4, -0.2) is 50.9 Å². The second kappa shape index (κ2) is 8.98. The van der Waals surface area contributed by atoms with Gasteiger partial charge in [0, 0.05) is 51.9 Å². The van der Waals surface area contributed by atoms with E-state index in [4.69, 9.17) is 0 Å². The highest BCUT2D eigenvalue weighted by atomic mass is 16.3. The van der Waals surface area contributed by atoms with E-state index in [9.17, 15) is 14.7 Å². The van der Waals surface area contributed by atoms with Gasteiger partial charge in [-0.25, -0.2) is 4.68 Å². The standard InChI is InChI=1S/C28H25N5O3/c34-14-13-32(28(36)20-3-9-25-19(15-20)11-12-29-25)24-8-10-26-21(16-24)17-30-33(26)23-6-1-18(2-7-23)27(35)31-22-4-5-22/h1-3,6-12,15-17,22,29,34H,4-5,13-14H2,(H,31,35). The molecule has 8 nitrogen and oxygen atoms in total. The monoisotopic (exact) mass is 479 g/mol. The van der Waals surface area contributed by atoms with Gasteiger partial charge in [-0.15, -0.1) is 0 Å². The molecule has 2 heterocycles. The Morgan fingerprint density at radius 3 is 2.58 bits per heavy atom. The Morgan fingerprint density at radius 2 is 1.81 bits per heavy atom. The van der Waals surface area contributed by atoms with E-state index in [0.717, 1.165) is 40.3 Å². The molecule has 0 atom stereocenters. The number of carbonyl (C=O) groups is 2. The molecular formula is C28H25N5O3. The van der Waals surface area contributed by atoms with Crippen LogP contribution in [0.25, 0.3) is 27.5 Å². The van der Waals surface area contributed by atoms with Crippen molar-refractivity contribution in [3.05, 3.63) is 90.3 Å². The minimum Gasteiger partial charge on any atom is -0.395 e. The van der Waals surface area contributed by atoms with Gasteiger partial charge in [0.1, 0.15) is 0 Å². The third-order valence-corrected chi connectivity index (χ3v) is 6.52. The summed E-state index contributed by atoms with van der Waals surface area (Å²) in [5.41, 5.74) is 4.54. The molecule has 180 valence electrons. The molecule has 1 aliphatic rings. The van der Waals surface area contributed by atoms with E-state index in [-0.39, 0.29) is 25.0 Å². The molecule has 1 fully saturated rings. The SMILES string of the molecule is O=C(NC1CC1)c1ccc(-n2ncc3cc(N(CCO)C(=O)c4ccc5[nH]ccc5c4)ccc32)cc1. The molecule has 0 unspecified atom stereocenters. The predicted octanol–water partition coefficient (Wildman–Crippen LogP) is 4.04. The molecule has 8 heteroatoms. The summed E-state index contributed by atoms with van der Waals surface area (Å²) in [6.07, 6.45) is 5.69. The van der Waals surface area contributed by atoms with Gasteiger partial charge in [0.2, 0.25) is 0 Å². The van der Waals surface area contributed by atoms with E-state index >= 15 is 0 Å². The number of hydrogen-bond donors (Lipinski definition) is 3. The zero-order chi connectivity index (χ0) is 24.6. The number of aromatic amines is 1. The first kappa shape index (κ1) is 22.1. The van der Waals surface area contributed by atoms with Gasteiger partial charge in [-0.05, 0) is 79.6 Å². The predicted molar refractivity (Wildman–Crippen MR) is 139 cm³/mol. The molecule has 0 bridgehead atoms. The normalized spacial score (nSPS) is 13.2. The second-order valence-electron chi connectivity index (χ2n) is 9.05. The van der Waals surface area contributed by atoms with Gasteiger partial charge in [0.15, 0.2) is 0 Å².